The number of hydrogen-bond acceptors (Lipinski definition) is 2. The molecule has 2 rings (SSSR count). The normalized spacial score (nSPS) is 23.6. The van der Waals surface area contributed by atoms with Crippen molar-refractivity contribution in [1.82, 2.24) is 0 Å². The third-order valence-corrected chi connectivity index (χ3v) is 2.92. The zero-order valence-corrected chi connectivity index (χ0v) is 9.27. The van der Waals surface area contributed by atoms with Gasteiger partial charge in [0.1, 0.15) is 10.8 Å². The van der Waals surface area contributed by atoms with Crippen molar-refractivity contribution in [3.8, 4) is 0 Å². The van der Waals surface area contributed by atoms with E-state index < -0.39 is 0 Å². The fraction of sp³-hybridized carbons (Fsp3) is 0.364. The van der Waals surface area contributed by atoms with Gasteiger partial charge in [0.15, 0.2) is 0 Å². The zero-order chi connectivity index (χ0) is 11.0. The summed E-state index contributed by atoms with van der Waals surface area (Å²) in [4.78, 5) is 0.0961. The molecule has 80 valence electrons. The Bertz CT molecular complexity index is 406. The maximum absolute atomic E-state index is 13.5. The maximum Gasteiger partial charge on any atom is 0.135 e. The molecule has 15 heavy (non-hydrogen) atoms. The Balaban J connectivity index is 2.14. The first kappa shape index (κ1) is 10.4. The highest BCUT2D eigenvalue weighted by molar-refractivity contribution is 7.80. The highest BCUT2D eigenvalue weighted by atomic mass is 32.1. The quantitative estimate of drug-likeness (QED) is 0.774. The van der Waals surface area contributed by atoms with Crippen LogP contribution in [-0.4, -0.2) is 11.0 Å². The largest absolute Gasteiger partial charge is 0.389 e. The molecule has 1 aliphatic carbocycles. The minimum atomic E-state index is -0.360. The highest BCUT2D eigenvalue weighted by Gasteiger charge is 2.32. The number of thiocarbonyl (C=S) groups is 1. The van der Waals surface area contributed by atoms with Crippen LogP contribution < -0.4 is 11.1 Å². The van der Waals surface area contributed by atoms with E-state index in [-0.39, 0.29) is 10.8 Å². The molecule has 0 spiro atoms. The minimum Gasteiger partial charge on any atom is -0.389 e. The number of hydrogen-bond donors (Lipinski definition) is 2. The molecule has 4 heteroatoms. The van der Waals surface area contributed by atoms with Crippen LogP contribution in [0.4, 0.5) is 10.1 Å². The van der Waals surface area contributed by atoms with E-state index in [4.69, 9.17) is 18.0 Å². The molecular weight excluding hydrogens is 211 g/mol. The first-order valence-electron chi connectivity index (χ1n) is 4.94. The third kappa shape index (κ3) is 2.26. The Labute approximate surface area is 93.7 Å². The third-order valence-electron chi connectivity index (χ3n) is 2.70. The topological polar surface area (TPSA) is 38.0 Å². The van der Waals surface area contributed by atoms with Crippen LogP contribution in [0.15, 0.2) is 18.2 Å². The van der Waals surface area contributed by atoms with Gasteiger partial charge in [-0.05, 0) is 30.5 Å². The fourth-order valence-electron chi connectivity index (χ4n) is 1.54. The molecule has 1 aliphatic rings. The van der Waals surface area contributed by atoms with E-state index in [1.807, 2.05) is 6.07 Å². The summed E-state index contributed by atoms with van der Waals surface area (Å²) in [6.07, 6.45) is 1.15. The molecule has 0 bridgehead atoms. The lowest BCUT2D eigenvalue weighted by Crippen LogP contribution is -2.12. The first-order chi connectivity index (χ1) is 7.08. The van der Waals surface area contributed by atoms with Crippen molar-refractivity contribution in [2.75, 3.05) is 5.32 Å². The lowest BCUT2D eigenvalue weighted by Gasteiger charge is -2.07. The van der Waals surface area contributed by atoms with Crippen LogP contribution in [0.3, 0.4) is 0 Å². The second kappa shape index (κ2) is 3.77. The highest BCUT2D eigenvalue weighted by Crippen LogP contribution is 2.32. The van der Waals surface area contributed by atoms with Crippen molar-refractivity contribution >= 4 is 22.9 Å². The summed E-state index contributed by atoms with van der Waals surface area (Å²) in [6.45, 7) is 2.16. The molecule has 0 radical (unpaired) electrons. The molecule has 1 saturated carbocycles. The Morgan fingerprint density at radius 1 is 1.60 bits per heavy atom. The van der Waals surface area contributed by atoms with Crippen LogP contribution in [0.25, 0.3) is 0 Å². The van der Waals surface area contributed by atoms with Gasteiger partial charge in [-0.1, -0.05) is 19.1 Å². The summed E-state index contributed by atoms with van der Waals surface area (Å²) in [6, 6.07) is 5.36. The molecular formula is C11H13FN2S. The molecule has 0 saturated heterocycles. The summed E-state index contributed by atoms with van der Waals surface area (Å²) < 4.78 is 13.5. The number of nitrogens with one attached hydrogen (secondary N) is 1. The van der Waals surface area contributed by atoms with Gasteiger partial charge in [-0.15, -0.1) is 0 Å². The minimum absolute atomic E-state index is 0.0961. The summed E-state index contributed by atoms with van der Waals surface area (Å²) >= 11 is 4.73. The number of nitrogens with two attached hydrogens (primary N) is 1. The summed E-state index contributed by atoms with van der Waals surface area (Å²) in [7, 11) is 0. The van der Waals surface area contributed by atoms with Gasteiger partial charge in [0, 0.05) is 17.3 Å². The molecule has 3 N–H and O–H groups in total. The van der Waals surface area contributed by atoms with Crippen molar-refractivity contribution in [3.05, 3.63) is 29.6 Å². The molecule has 0 aromatic heterocycles. The maximum atomic E-state index is 13.5. The van der Waals surface area contributed by atoms with E-state index in [0.717, 1.165) is 12.1 Å². The molecule has 1 aromatic rings. The number of benzene rings is 1. The molecule has 1 aromatic carbocycles. The van der Waals surface area contributed by atoms with Crippen LogP contribution in [-0.2, 0) is 0 Å². The molecule has 2 atom stereocenters. The van der Waals surface area contributed by atoms with Crippen molar-refractivity contribution in [2.24, 2.45) is 11.7 Å². The van der Waals surface area contributed by atoms with Gasteiger partial charge in [-0.2, -0.15) is 0 Å². The van der Waals surface area contributed by atoms with E-state index in [2.05, 4.69) is 12.2 Å². The van der Waals surface area contributed by atoms with Crippen molar-refractivity contribution in [2.45, 2.75) is 19.4 Å². The zero-order valence-electron chi connectivity index (χ0n) is 8.46. The Kier molecular flexibility index (Phi) is 2.61. The molecule has 0 amide bonds. The van der Waals surface area contributed by atoms with Gasteiger partial charge in [-0.25, -0.2) is 4.39 Å². The Hall–Kier alpha value is -1.16. The molecule has 0 aliphatic heterocycles. The van der Waals surface area contributed by atoms with Gasteiger partial charge in [-0.3, -0.25) is 0 Å². The standard InChI is InChI=1S/C11H13FN2S/c1-6-4-10(6)14-7-2-3-8(11(13)15)9(12)5-7/h2-3,5-6,10,14H,4H2,1H3,(H2,13,15). The van der Waals surface area contributed by atoms with Crippen LogP contribution >= 0.6 is 12.2 Å². The van der Waals surface area contributed by atoms with Crippen LogP contribution in [0.1, 0.15) is 18.9 Å². The Morgan fingerprint density at radius 2 is 2.27 bits per heavy atom. The Morgan fingerprint density at radius 3 is 2.73 bits per heavy atom. The van der Waals surface area contributed by atoms with Gasteiger partial charge >= 0.3 is 0 Å². The molecule has 2 nitrogen and oxygen atoms in total. The molecule has 0 heterocycles. The second-order valence-electron chi connectivity index (χ2n) is 4.02. The SMILES string of the molecule is CC1CC1Nc1ccc(C(N)=S)c(F)c1. The van der Waals surface area contributed by atoms with E-state index in [1.165, 1.54) is 6.07 Å². The van der Waals surface area contributed by atoms with Crippen molar-refractivity contribution in [1.29, 1.82) is 0 Å². The number of halogens is 1. The number of rotatable bonds is 3. The van der Waals surface area contributed by atoms with E-state index in [1.54, 1.807) is 6.07 Å². The lowest BCUT2D eigenvalue weighted by molar-refractivity contribution is 0.626. The van der Waals surface area contributed by atoms with Gasteiger partial charge < -0.3 is 11.1 Å². The lowest BCUT2D eigenvalue weighted by atomic mass is 10.2. The average Bonchev–Trinajstić information content (AvgIpc) is 2.81. The van der Waals surface area contributed by atoms with Gasteiger partial charge in [0.05, 0.1) is 0 Å². The molecule has 1 fully saturated rings. The van der Waals surface area contributed by atoms with E-state index in [0.29, 0.717) is 17.5 Å². The first-order valence-corrected chi connectivity index (χ1v) is 5.34. The monoisotopic (exact) mass is 224 g/mol. The van der Waals surface area contributed by atoms with E-state index in [9.17, 15) is 4.39 Å². The predicted octanol–water partition coefficient (Wildman–Crippen LogP) is 2.28. The van der Waals surface area contributed by atoms with Crippen LogP contribution in [0.2, 0.25) is 0 Å². The van der Waals surface area contributed by atoms with E-state index >= 15 is 0 Å². The van der Waals surface area contributed by atoms with Crippen LogP contribution in [0.5, 0.6) is 0 Å². The van der Waals surface area contributed by atoms with Gasteiger partial charge in [0.25, 0.3) is 0 Å². The smallest absolute Gasteiger partial charge is 0.135 e. The molecule has 2 unspecified atom stereocenters. The number of anilines is 1. The van der Waals surface area contributed by atoms with Crippen LogP contribution in [0, 0.1) is 11.7 Å². The van der Waals surface area contributed by atoms with Crippen molar-refractivity contribution < 1.29 is 4.39 Å². The summed E-state index contributed by atoms with van der Waals surface area (Å²) in [5.74, 6) is 0.323. The van der Waals surface area contributed by atoms with Crippen molar-refractivity contribution in [3.63, 3.8) is 0 Å². The van der Waals surface area contributed by atoms with Gasteiger partial charge in [0.2, 0.25) is 0 Å². The summed E-state index contributed by atoms with van der Waals surface area (Å²) in [5.41, 5.74) is 6.47. The predicted molar refractivity (Wildman–Crippen MR) is 63.5 cm³/mol. The average molecular weight is 224 g/mol. The summed E-state index contributed by atoms with van der Waals surface area (Å²) in [5, 5.41) is 3.25. The second-order valence-corrected chi connectivity index (χ2v) is 4.46. The fourth-order valence-corrected chi connectivity index (χ4v) is 1.71.